The van der Waals surface area contributed by atoms with Gasteiger partial charge in [-0.15, -0.1) is 0 Å². The number of benzene rings is 2. The Morgan fingerprint density at radius 2 is 1.47 bits per heavy atom. The van der Waals surface area contributed by atoms with Crippen molar-refractivity contribution in [2.45, 2.75) is 95.4 Å². The topological polar surface area (TPSA) is 26.8 Å². The Morgan fingerprint density at radius 1 is 0.822 bits per heavy atom. The van der Waals surface area contributed by atoms with Crippen LogP contribution in [0.1, 0.15) is 84.7 Å². The molecule has 1 amide bonds. The van der Waals surface area contributed by atoms with E-state index >= 15 is 0 Å². The average Bonchev–Trinajstić information content (AvgIpc) is 3.01. The molecule has 1 atom stereocenters. The van der Waals surface area contributed by atoms with Crippen molar-refractivity contribution >= 4 is 5.91 Å². The molecule has 3 aliphatic heterocycles. The summed E-state index contributed by atoms with van der Waals surface area (Å²) in [4.78, 5) is 20.5. The van der Waals surface area contributed by atoms with Gasteiger partial charge in [-0.1, -0.05) is 30.2 Å². The van der Waals surface area contributed by atoms with E-state index in [1.807, 2.05) is 6.92 Å². The third kappa shape index (κ3) is 8.23. The molecule has 248 valence electrons. The van der Waals surface area contributed by atoms with E-state index in [0.717, 1.165) is 56.4 Å². The van der Waals surface area contributed by atoms with Gasteiger partial charge in [-0.05, 0) is 126 Å². The van der Waals surface area contributed by atoms with Gasteiger partial charge in [-0.2, -0.15) is 26.3 Å². The summed E-state index contributed by atoms with van der Waals surface area (Å²) in [7, 11) is 0. The third-order valence-electron chi connectivity index (χ3n) is 10.3. The van der Waals surface area contributed by atoms with Crippen molar-refractivity contribution in [3.05, 3.63) is 69.8 Å². The molecule has 10 heteroatoms. The molecule has 5 rings (SSSR count). The highest BCUT2D eigenvalue weighted by Crippen LogP contribution is 2.41. The maximum Gasteiger partial charge on any atom is 0.416 e. The number of hydrogen-bond acceptors (Lipinski definition) is 3. The summed E-state index contributed by atoms with van der Waals surface area (Å²) >= 11 is 0. The second kappa shape index (κ2) is 13.6. The molecule has 0 aliphatic carbocycles. The summed E-state index contributed by atoms with van der Waals surface area (Å²) < 4.78 is 80.8. The SMILES string of the molecule is Cc1ccc(C)c(C2(CCN3CCC(N4CCCCC4)CC3)CCCN(C(=O)Cc3cc(C(F)(F)F)cc(C(F)(F)F)c3)C2)c1. The van der Waals surface area contributed by atoms with Crippen molar-refractivity contribution in [2.24, 2.45) is 0 Å². The molecule has 45 heavy (non-hydrogen) atoms. The van der Waals surface area contributed by atoms with Crippen LogP contribution in [0.25, 0.3) is 0 Å². The molecular formula is C35H45F6N3O. The summed E-state index contributed by atoms with van der Waals surface area (Å²) in [5, 5.41) is 0. The molecule has 3 aliphatic rings. The monoisotopic (exact) mass is 637 g/mol. The zero-order valence-electron chi connectivity index (χ0n) is 26.4. The van der Waals surface area contributed by atoms with Crippen LogP contribution >= 0.6 is 0 Å². The van der Waals surface area contributed by atoms with Crippen molar-refractivity contribution in [3.63, 3.8) is 0 Å². The van der Waals surface area contributed by atoms with Crippen LogP contribution in [0, 0.1) is 13.8 Å². The van der Waals surface area contributed by atoms with Crippen molar-refractivity contribution in [3.8, 4) is 0 Å². The molecule has 4 nitrogen and oxygen atoms in total. The Labute approximate surface area is 262 Å². The molecule has 1 unspecified atom stereocenters. The van der Waals surface area contributed by atoms with E-state index in [9.17, 15) is 31.1 Å². The third-order valence-corrected chi connectivity index (χ3v) is 10.3. The predicted octanol–water partition coefficient (Wildman–Crippen LogP) is 7.78. The van der Waals surface area contributed by atoms with Crippen molar-refractivity contribution in [1.29, 1.82) is 0 Å². The molecule has 0 N–H and O–H groups in total. The second-order valence-corrected chi connectivity index (χ2v) is 13.5. The highest BCUT2D eigenvalue weighted by molar-refractivity contribution is 5.79. The number of halogens is 6. The van der Waals surface area contributed by atoms with Gasteiger partial charge < -0.3 is 14.7 Å². The Bertz CT molecular complexity index is 1300. The predicted molar refractivity (Wildman–Crippen MR) is 163 cm³/mol. The largest absolute Gasteiger partial charge is 0.416 e. The molecule has 0 radical (unpaired) electrons. The fourth-order valence-electron chi connectivity index (χ4n) is 7.78. The number of piperidine rings is 3. The fraction of sp³-hybridized carbons (Fsp3) is 0.629. The zero-order chi connectivity index (χ0) is 32.4. The van der Waals surface area contributed by atoms with Crippen LogP contribution in [0.2, 0.25) is 0 Å². The number of nitrogens with zero attached hydrogens (tertiary/aromatic N) is 3. The smallest absolute Gasteiger partial charge is 0.342 e. The van der Waals surface area contributed by atoms with Crippen LogP contribution in [0.3, 0.4) is 0 Å². The maximum atomic E-state index is 13.6. The maximum absolute atomic E-state index is 13.6. The minimum absolute atomic E-state index is 0.107. The lowest BCUT2D eigenvalue weighted by molar-refractivity contribution is -0.143. The van der Waals surface area contributed by atoms with Gasteiger partial charge in [0, 0.05) is 24.5 Å². The summed E-state index contributed by atoms with van der Waals surface area (Å²) in [6, 6.07) is 8.44. The molecular weight excluding hydrogens is 592 g/mol. The molecule has 2 aromatic carbocycles. The van der Waals surface area contributed by atoms with Gasteiger partial charge >= 0.3 is 12.4 Å². The number of likely N-dealkylation sites (tertiary alicyclic amines) is 3. The Kier molecular flexibility index (Phi) is 10.2. The van der Waals surface area contributed by atoms with E-state index in [1.54, 1.807) is 4.90 Å². The summed E-state index contributed by atoms with van der Waals surface area (Å²) in [6.07, 6.45) is -1.82. The molecule has 0 saturated carbocycles. The van der Waals surface area contributed by atoms with Gasteiger partial charge in [-0.25, -0.2) is 0 Å². The van der Waals surface area contributed by atoms with Gasteiger partial charge in [0.05, 0.1) is 17.5 Å². The van der Waals surface area contributed by atoms with Crippen LogP contribution in [-0.2, 0) is 29.0 Å². The van der Waals surface area contributed by atoms with Crippen molar-refractivity contribution in [2.75, 3.05) is 45.8 Å². The minimum atomic E-state index is -4.95. The Hall–Kier alpha value is -2.59. The molecule has 0 spiro atoms. The Balaban J connectivity index is 1.33. The molecule has 3 heterocycles. The lowest BCUT2D eigenvalue weighted by Gasteiger charge is -2.46. The number of carbonyl (C=O) groups excluding carboxylic acids is 1. The normalized spacial score (nSPS) is 23.0. The number of aryl methyl sites for hydroxylation is 2. The number of carbonyl (C=O) groups is 1. The number of rotatable bonds is 7. The average molecular weight is 638 g/mol. The lowest BCUT2D eigenvalue weighted by atomic mass is 9.69. The minimum Gasteiger partial charge on any atom is -0.342 e. The van der Waals surface area contributed by atoms with Crippen LogP contribution in [0.15, 0.2) is 36.4 Å². The van der Waals surface area contributed by atoms with E-state index < -0.39 is 35.8 Å². The van der Waals surface area contributed by atoms with E-state index in [2.05, 4.69) is 34.9 Å². The van der Waals surface area contributed by atoms with Gasteiger partial charge in [-0.3, -0.25) is 4.79 Å². The Morgan fingerprint density at radius 3 is 2.09 bits per heavy atom. The second-order valence-electron chi connectivity index (χ2n) is 13.5. The number of hydrogen-bond donors (Lipinski definition) is 0. The molecule has 3 saturated heterocycles. The summed E-state index contributed by atoms with van der Waals surface area (Å²) in [6.45, 7) is 10.3. The van der Waals surface area contributed by atoms with Crippen LogP contribution in [0.4, 0.5) is 26.3 Å². The number of alkyl halides is 6. The first-order chi connectivity index (χ1) is 21.2. The lowest BCUT2D eigenvalue weighted by Crippen LogP contribution is -2.51. The highest BCUT2D eigenvalue weighted by atomic mass is 19.4. The van der Waals surface area contributed by atoms with Gasteiger partial charge in [0.15, 0.2) is 0 Å². The summed E-state index contributed by atoms with van der Waals surface area (Å²) in [5.41, 5.74) is 0.0118. The molecule has 0 aromatic heterocycles. The van der Waals surface area contributed by atoms with Gasteiger partial charge in [0.2, 0.25) is 5.91 Å². The first-order valence-corrected chi connectivity index (χ1v) is 16.3. The molecule has 2 aromatic rings. The van der Waals surface area contributed by atoms with Crippen LogP contribution in [-0.4, -0.2) is 72.5 Å². The van der Waals surface area contributed by atoms with Gasteiger partial charge in [0.25, 0.3) is 0 Å². The van der Waals surface area contributed by atoms with Crippen molar-refractivity contribution in [1.82, 2.24) is 14.7 Å². The van der Waals surface area contributed by atoms with E-state index in [-0.39, 0.29) is 17.0 Å². The first-order valence-electron chi connectivity index (χ1n) is 16.3. The van der Waals surface area contributed by atoms with Gasteiger partial charge in [0.1, 0.15) is 0 Å². The molecule has 3 fully saturated rings. The van der Waals surface area contributed by atoms with Crippen LogP contribution < -0.4 is 0 Å². The zero-order valence-corrected chi connectivity index (χ0v) is 26.4. The fourth-order valence-corrected chi connectivity index (χ4v) is 7.78. The van der Waals surface area contributed by atoms with Crippen molar-refractivity contribution < 1.29 is 31.1 Å². The van der Waals surface area contributed by atoms with E-state index in [4.69, 9.17) is 0 Å². The highest BCUT2D eigenvalue weighted by Gasteiger charge is 2.41. The number of amides is 1. The quantitative estimate of drug-likeness (QED) is 0.290. The first kappa shape index (κ1) is 33.8. The van der Waals surface area contributed by atoms with E-state index in [1.165, 1.54) is 37.9 Å². The standard InChI is InChI=1S/C35H45F6N3O/c1-25-7-8-26(2)31(19-25)33(12-18-42-16-9-30(10-17-42)43-13-4-3-5-14-43)11-6-15-44(24-33)32(45)22-27-20-28(34(36,37)38)23-29(21-27)35(39,40)41/h7-8,19-21,23,30H,3-6,9-18,22,24H2,1-2H3. The summed E-state index contributed by atoms with van der Waals surface area (Å²) in [5.74, 6) is -0.445. The molecule has 0 bridgehead atoms. The van der Waals surface area contributed by atoms with E-state index in [0.29, 0.717) is 37.7 Å². The van der Waals surface area contributed by atoms with Crippen LogP contribution in [0.5, 0.6) is 0 Å².